The molecule has 0 aromatic heterocycles. The lowest BCUT2D eigenvalue weighted by molar-refractivity contribution is -0.134. The molecule has 0 radical (unpaired) electrons. The van der Waals surface area contributed by atoms with Crippen molar-refractivity contribution in [2.45, 2.75) is 20.8 Å². The van der Waals surface area contributed by atoms with Crippen molar-refractivity contribution in [1.82, 2.24) is 0 Å². The summed E-state index contributed by atoms with van der Waals surface area (Å²) in [4.78, 5) is 21.9. The van der Waals surface area contributed by atoms with Crippen molar-refractivity contribution in [3.8, 4) is 17.2 Å². The normalized spacial score (nSPS) is 9.65. The van der Waals surface area contributed by atoms with Gasteiger partial charge in [-0.1, -0.05) is 0 Å². The molecule has 0 amide bonds. The highest BCUT2D eigenvalue weighted by Gasteiger charge is 2.16. The number of esters is 2. The molecule has 0 aliphatic heterocycles. The van der Waals surface area contributed by atoms with Crippen molar-refractivity contribution in [3.63, 3.8) is 0 Å². The minimum atomic E-state index is -0.513. The molecular formula is C12H14O5. The molecule has 1 aromatic carbocycles. The van der Waals surface area contributed by atoms with Gasteiger partial charge in [-0.15, -0.1) is 0 Å². The molecule has 0 saturated heterocycles. The zero-order chi connectivity index (χ0) is 13.0. The van der Waals surface area contributed by atoms with Gasteiger partial charge in [-0.05, 0) is 24.6 Å². The number of ether oxygens (including phenoxy) is 3. The van der Waals surface area contributed by atoms with E-state index >= 15 is 0 Å². The Hall–Kier alpha value is -2.04. The first-order chi connectivity index (χ1) is 7.93. The van der Waals surface area contributed by atoms with Gasteiger partial charge in [0.2, 0.25) is 5.75 Å². The lowest BCUT2D eigenvalue weighted by atomic mass is 10.2. The SMILES string of the molecule is COc1cc(C)cc(OC(C)=O)c1OC(C)=O. The van der Waals surface area contributed by atoms with Crippen LogP contribution in [0.1, 0.15) is 19.4 Å². The Bertz CT molecular complexity index is 450. The molecule has 92 valence electrons. The van der Waals surface area contributed by atoms with Crippen LogP contribution in [0, 0.1) is 6.92 Å². The smallest absolute Gasteiger partial charge is 0.308 e. The third-order valence-corrected chi connectivity index (χ3v) is 1.88. The van der Waals surface area contributed by atoms with Gasteiger partial charge in [0.1, 0.15) is 0 Å². The van der Waals surface area contributed by atoms with E-state index in [0.717, 1.165) is 5.56 Å². The predicted molar refractivity (Wildman–Crippen MR) is 60.3 cm³/mol. The predicted octanol–water partition coefficient (Wildman–Crippen LogP) is 1.85. The molecule has 0 bridgehead atoms. The first kappa shape index (κ1) is 13.0. The highest BCUT2D eigenvalue weighted by atomic mass is 16.6. The van der Waals surface area contributed by atoms with Gasteiger partial charge in [0.05, 0.1) is 7.11 Å². The minimum Gasteiger partial charge on any atom is -0.493 e. The fourth-order valence-electron chi connectivity index (χ4n) is 1.33. The second-order valence-corrected chi connectivity index (χ2v) is 3.48. The van der Waals surface area contributed by atoms with Crippen molar-refractivity contribution in [2.75, 3.05) is 7.11 Å². The summed E-state index contributed by atoms with van der Waals surface area (Å²) >= 11 is 0. The number of carbonyl (C=O) groups excluding carboxylic acids is 2. The van der Waals surface area contributed by atoms with Gasteiger partial charge < -0.3 is 14.2 Å². The van der Waals surface area contributed by atoms with Crippen LogP contribution >= 0.6 is 0 Å². The largest absolute Gasteiger partial charge is 0.493 e. The van der Waals surface area contributed by atoms with Gasteiger partial charge in [-0.25, -0.2) is 0 Å². The molecule has 0 spiro atoms. The zero-order valence-electron chi connectivity index (χ0n) is 10.2. The van der Waals surface area contributed by atoms with E-state index in [1.807, 2.05) is 6.92 Å². The fraction of sp³-hybridized carbons (Fsp3) is 0.333. The molecule has 0 heterocycles. The zero-order valence-corrected chi connectivity index (χ0v) is 10.2. The Kier molecular flexibility index (Phi) is 4.09. The Morgan fingerprint density at radius 3 is 2.00 bits per heavy atom. The first-order valence-electron chi connectivity index (χ1n) is 4.99. The summed E-state index contributed by atoms with van der Waals surface area (Å²) in [5, 5.41) is 0. The van der Waals surface area contributed by atoms with Crippen LogP contribution in [0.3, 0.4) is 0 Å². The van der Waals surface area contributed by atoms with Crippen molar-refractivity contribution in [1.29, 1.82) is 0 Å². The number of benzene rings is 1. The lowest BCUT2D eigenvalue weighted by Gasteiger charge is -2.13. The molecule has 1 aromatic rings. The maximum absolute atomic E-state index is 11.0. The number of hydrogen-bond acceptors (Lipinski definition) is 5. The highest BCUT2D eigenvalue weighted by Crippen LogP contribution is 2.38. The second kappa shape index (κ2) is 5.34. The fourth-order valence-corrected chi connectivity index (χ4v) is 1.33. The van der Waals surface area contributed by atoms with Crippen LogP contribution in [0.15, 0.2) is 12.1 Å². The average molecular weight is 238 g/mol. The summed E-state index contributed by atoms with van der Waals surface area (Å²) < 4.78 is 15.0. The van der Waals surface area contributed by atoms with Gasteiger partial charge in [0, 0.05) is 13.8 Å². The number of rotatable bonds is 3. The van der Waals surface area contributed by atoms with Crippen LogP contribution < -0.4 is 14.2 Å². The van der Waals surface area contributed by atoms with Crippen molar-refractivity contribution in [2.24, 2.45) is 0 Å². The van der Waals surface area contributed by atoms with Crippen molar-refractivity contribution < 1.29 is 23.8 Å². The quantitative estimate of drug-likeness (QED) is 0.594. The Morgan fingerprint density at radius 2 is 1.53 bits per heavy atom. The van der Waals surface area contributed by atoms with Crippen LogP contribution in [0.2, 0.25) is 0 Å². The van der Waals surface area contributed by atoms with Gasteiger partial charge in [0.25, 0.3) is 0 Å². The molecule has 17 heavy (non-hydrogen) atoms. The van der Waals surface area contributed by atoms with Crippen molar-refractivity contribution in [3.05, 3.63) is 17.7 Å². The number of hydrogen-bond donors (Lipinski definition) is 0. The molecule has 0 aliphatic carbocycles. The lowest BCUT2D eigenvalue weighted by Crippen LogP contribution is -2.08. The van der Waals surface area contributed by atoms with E-state index in [-0.39, 0.29) is 11.5 Å². The summed E-state index contributed by atoms with van der Waals surface area (Å²) in [5.41, 5.74) is 0.828. The molecule has 0 N–H and O–H groups in total. The Labute approximate surface area is 99.3 Å². The maximum atomic E-state index is 11.0. The van der Waals surface area contributed by atoms with Gasteiger partial charge in [0.15, 0.2) is 11.5 Å². The maximum Gasteiger partial charge on any atom is 0.308 e. The molecule has 0 aliphatic rings. The molecule has 0 unspecified atom stereocenters. The average Bonchev–Trinajstić information content (AvgIpc) is 2.20. The second-order valence-electron chi connectivity index (χ2n) is 3.48. The molecule has 0 fully saturated rings. The number of carbonyl (C=O) groups is 2. The summed E-state index contributed by atoms with van der Waals surface area (Å²) in [7, 11) is 1.44. The van der Waals surface area contributed by atoms with Crippen LogP contribution in [0.5, 0.6) is 17.2 Å². The summed E-state index contributed by atoms with van der Waals surface area (Å²) in [6, 6.07) is 3.29. The van der Waals surface area contributed by atoms with Gasteiger partial charge in [-0.2, -0.15) is 0 Å². The van der Waals surface area contributed by atoms with E-state index in [2.05, 4.69) is 0 Å². The van der Waals surface area contributed by atoms with E-state index in [1.54, 1.807) is 12.1 Å². The van der Waals surface area contributed by atoms with Crippen LogP contribution in [-0.2, 0) is 9.59 Å². The molecule has 5 heteroatoms. The number of aryl methyl sites for hydroxylation is 1. The van der Waals surface area contributed by atoms with E-state index in [4.69, 9.17) is 14.2 Å². The van der Waals surface area contributed by atoms with Crippen LogP contribution in [0.25, 0.3) is 0 Å². The molecule has 0 atom stereocenters. The topological polar surface area (TPSA) is 61.8 Å². The third kappa shape index (κ3) is 3.48. The standard InChI is InChI=1S/C12H14O5/c1-7-5-10(15-4)12(17-9(3)14)11(6-7)16-8(2)13/h5-6H,1-4H3. The van der Waals surface area contributed by atoms with Crippen LogP contribution in [-0.4, -0.2) is 19.0 Å². The highest BCUT2D eigenvalue weighted by molar-refractivity contribution is 5.75. The third-order valence-electron chi connectivity index (χ3n) is 1.88. The monoisotopic (exact) mass is 238 g/mol. The van der Waals surface area contributed by atoms with E-state index in [0.29, 0.717) is 5.75 Å². The Morgan fingerprint density at radius 1 is 1.00 bits per heavy atom. The van der Waals surface area contributed by atoms with Gasteiger partial charge >= 0.3 is 11.9 Å². The summed E-state index contributed by atoms with van der Waals surface area (Å²) in [6.45, 7) is 4.34. The molecule has 0 saturated carbocycles. The Balaban J connectivity index is 3.27. The van der Waals surface area contributed by atoms with E-state index in [1.165, 1.54) is 21.0 Å². The summed E-state index contributed by atoms with van der Waals surface area (Å²) in [5.74, 6) is -0.381. The van der Waals surface area contributed by atoms with Gasteiger partial charge in [-0.3, -0.25) is 9.59 Å². The number of methoxy groups -OCH3 is 1. The molecule has 5 nitrogen and oxygen atoms in total. The van der Waals surface area contributed by atoms with E-state index < -0.39 is 11.9 Å². The summed E-state index contributed by atoms with van der Waals surface area (Å²) in [6.07, 6.45) is 0. The van der Waals surface area contributed by atoms with E-state index in [9.17, 15) is 9.59 Å². The van der Waals surface area contributed by atoms with Crippen molar-refractivity contribution >= 4 is 11.9 Å². The minimum absolute atomic E-state index is 0.112. The molecule has 1 rings (SSSR count). The molecular weight excluding hydrogens is 224 g/mol. The van der Waals surface area contributed by atoms with Crippen LogP contribution in [0.4, 0.5) is 0 Å². The first-order valence-corrected chi connectivity index (χ1v) is 4.99.